The summed E-state index contributed by atoms with van der Waals surface area (Å²) in [7, 11) is 0. The predicted octanol–water partition coefficient (Wildman–Crippen LogP) is 1.36. The number of aliphatic hydroxyl groups is 1. The molecule has 0 amide bonds. The molecule has 2 aromatic rings. The molecule has 0 aliphatic rings. The first kappa shape index (κ1) is 7.31. The van der Waals surface area contributed by atoms with Crippen molar-refractivity contribution in [3.8, 4) is 0 Å². The Bertz CT molecular complexity index is 406. The molecule has 0 aliphatic carbocycles. The number of rotatable bonds is 1. The van der Waals surface area contributed by atoms with Crippen molar-refractivity contribution in [2.24, 2.45) is 0 Å². The van der Waals surface area contributed by atoms with Gasteiger partial charge in [-0.25, -0.2) is 0 Å². The van der Waals surface area contributed by atoms with Gasteiger partial charge >= 0.3 is 0 Å². The van der Waals surface area contributed by atoms with Crippen LogP contribution in [0.2, 0.25) is 0 Å². The van der Waals surface area contributed by atoms with Crippen molar-refractivity contribution in [1.82, 2.24) is 10.2 Å². The molecule has 0 spiro atoms. The van der Waals surface area contributed by atoms with E-state index in [0.717, 1.165) is 22.2 Å². The van der Waals surface area contributed by atoms with E-state index in [1.807, 2.05) is 25.1 Å². The highest BCUT2D eigenvalue weighted by molar-refractivity contribution is 5.81. The van der Waals surface area contributed by atoms with E-state index in [1.54, 1.807) is 0 Å². The maximum Gasteiger partial charge on any atom is 0.0923 e. The van der Waals surface area contributed by atoms with Crippen molar-refractivity contribution >= 4 is 10.9 Å². The van der Waals surface area contributed by atoms with Gasteiger partial charge in [-0.3, -0.25) is 5.10 Å². The minimum absolute atomic E-state index is 0.0839. The third-order valence-corrected chi connectivity index (χ3v) is 1.99. The van der Waals surface area contributed by atoms with Gasteiger partial charge in [0.05, 0.1) is 12.1 Å². The highest BCUT2D eigenvalue weighted by Gasteiger charge is 2.00. The normalized spacial score (nSPS) is 10.8. The third-order valence-electron chi connectivity index (χ3n) is 1.99. The van der Waals surface area contributed by atoms with Crippen LogP contribution in [0.5, 0.6) is 0 Å². The zero-order valence-corrected chi connectivity index (χ0v) is 6.83. The Kier molecular flexibility index (Phi) is 1.59. The lowest BCUT2D eigenvalue weighted by atomic mass is 10.1. The van der Waals surface area contributed by atoms with Gasteiger partial charge in [-0.1, -0.05) is 6.07 Å². The van der Waals surface area contributed by atoms with Crippen LogP contribution in [-0.2, 0) is 6.61 Å². The summed E-state index contributed by atoms with van der Waals surface area (Å²) in [5.41, 5.74) is 2.91. The second-order valence-corrected chi connectivity index (χ2v) is 2.86. The summed E-state index contributed by atoms with van der Waals surface area (Å²) in [4.78, 5) is 0. The fourth-order valence-corrected chi connectivity index (χ4v) is 1.28. The minimum Gasteiger partial charge on any atom is -0.392 e. The summed E-state index contributed by atoms with van der Waals surface area (Å²) in [6, 6.07) is 5.74. The smallest absolute Gasteiger partial charge is 0.0923 e. The van der Waals surface area contributed by atoms with Crippen LogP contribution in [0.4, 0.5) is 0 Å². The maximum atomic E-state index is 8.89. The van der Waals surface area contributed by atoms with Crippen molar-refractivity contribution in [1.29, 1.82) is 0 Å². The largest absolute Gasteiger partial charge is 0.392 e. The van der Waals surface area contributed by atoms with E-state index in [4.69, 9.17) is 5.11 Å². The van der Waals surface area contributed by atoms with Gasteiger partial charge in [-0.15, -0.1) is 0 Å². The molecule has 0 bridgehead atoms. The molecule has 2 N–H and O–H groups in total. The average molecular weight is 162 g/mol. The highest BCUT2D eigenvalue weighted by atomic mass is 16.3. The molecule has 12 heavy (non-hydrogen) atoms. The molecule has 0 unspecified atom stereocenters. The standard InChI is InChI=1S/C9H10N2O/c1-6-8-4-7(5-12)2-3-9(8)11-10-6/h2-4,12H,5H2,1H3,(H,10,11). The summed E-state index contributed by atoms with van der Waals surface area (Å²) in [6.45, 7) is 2.05. The van der Waals surface area contributed by atoms with Crippen LogP contribution in [0.3, 0.4) is 0 Å². The molecule has 0 fully saturated rings. The topological polar surface area (TPSA) is 48.9 Å². The fraction of sp³-hybridized carbons (Fsp3) is 0.222. The Morgan fingerprint density at radius 1 is 1.50 bits per heavy atom. The van der Waals surface area contributed by atoms with Gasteiger partial charge in [-0.05, 0) is 24.6 Å². The first-order valence-electron chi connectivity index (χ1n) is 3.86. The van der Waals surface area contributed by atoms with E-state index >= 15 is 0 Å². The quantitative estimate of drug-likeness (QED) is 0.665. The molecule has 0 aliphatic heterocycles. The number of benzene rings is 1. The molecule has 3 nitrogen and oxygen atoms in total. The third kappa shape index (κ3) is 0.987. The monoisotopic (exact) mass is 162 g/mol. The lowest BCUT2D eigenvalue weighted by Crippen LogP contribution is -1.81. The summed E-state index contributed by atoms with van der Waals surface area (Å²) in [5.74, 6) is 0. The lowest BCUT2D eigenvalue weighted by Gasteiger charge is -1.94. The minimum atomic E-state index is 0.0839. The van der Waals surface area contributed by atoms with Gasteiger partial charge in [-0.2, -0.15) is 5.10 Å². The molecule has 1 aromatic heterocycles. The number of H-pyrrole nitrogens is 1. The van der Waals surface area contributed by atoms with Crippen molar-refractivity contribution in [2.45, 2.75) is 13.5 Å². The van der Waals surface area contributed by atoms with Crippen LogP contribution in [0.25, 0.3) is 10.9 Å². The van der Waals surface area contributed by atoms with Gasteiger partial charge in [0, 0.05) is 11.1 Å². The maximum absolute atomic E-state index is 8.89. The summed E-state index contributed by atoms with van der Waals surface area (Å²) < 4.78 is 0. The van der Waals surface area contributed by atoms with E-state index in [0.29, 0.717) is 0 Å². The van der Waals surface area contributed by atoms with Crippen molar-refractivity contribution in [3.63, 3.8) is 0 Å². The Morgan fingerprint density at radius 3 is 3.08 bits per heavy atom. The predicted molar refractivity (Wildman–Crippen MR) is 46.8 cm³/mol. The van der Waals surface area contributed by atoms with E-state index < -0.39 is 0 Å². The second-order valence-electron chi connectivity index (χ2n) is 2.86. The SMILES string of the molecule is Cc1[nH]nc2ccc(CO)cc12. The Labute approximate surface area is 70.0 Å². The number of aromatic nitrogens is 2. The Hall–Kier alpha value is -1.35. The van der Waals surface area contributed by atoms with Crippen LogP contribution < -0.4 is 0 Å². The lowest BCUT2D eigenvalue weighted by molar-refractivity contribution is 0.282. The summed E-state index contributed by atoms with van der Waals surface area (Å²) >= 11 is 0. The van der Waals surface area contributed by atoms with Crippen LogP contribution in [-0.4, -0.2) is 15.3 Å². The molecule has 0 radical (unpaired) electrons. The van der Waals surface area contributed by atoms with Crippen LogP contribution in [0.1, 0.15) is 11.3 Å². The molecule has 2 rings (SSSR count). The van der Waals surface area contributed by atoms with Gasteiger partial charge in [0.2, 0.25) is 0 Å². The van der Waals surface area contributed by atoms with Crippen LogP contribution in [0.15, 0.2) is 18.2 Å². The van der Waals surface area contributed by atoms with Gasteiger partial charge < -0.3 is 5.11 Å². The van der Waals surface area contributed by atoms with Crippen LogP contribution in [0, 0.1) is 6.92 Å². The van der Waals surface area contributed by atoms with Crippen LogP contribution >= 0.6 is 0 Å². The van der Waals surface area contributed by atoms with Crippen molar-refractivity contribution < 1.29 is 5.11 Å². The molecule has 0 saturated heterocycles. The average Bonchev–Trinajstić information content (AvgIpc) is 2.47. The van der Waals surface area contributed by atoms with Gasteiger partial charge in [0.25, 0.3) is 0 Å². The van der Waals surface area contributed by atoms with Gasteiger partial charge in [0.15, 0.2) is 0 Å². The first-order chi connectivity index (χ1) is 5.81. The molecule has 0 saturated carbocycles. The van der Waals surface area contributed by atoms with E-state index in [2.05, 4.69) is 10.2 Å². The number of aromatic amines is 1. The highest BCUT2D eigenvalue weighted by Crippen LogP contribution is 2.16. The van der Waals surface area contributed by atoms with E-state index in [9.17, 15) is 0 Å². The number of hydrogen-bond acceptors (Lipinski definition) is 2. The second kappa shape index (κ2) is 2.60. The number of aliphatic hydroxyl groups excluding tert-OH is 1. The number of aryl methyl sites for hydroxylation is 1. The number of hydrogen-bond donors (Lipinski definition) is 2. The zero-order valence-electron chi connectivity index (χ0n) is 6.83. The molecule has 62 valence electrons. The van der Waals surface area contributed by atoms with Gasteiger partial charge in [0.1, 0.15) is 0 Å². The Balaban J connectivity index is 2.71. The first-order valence-corrected chi connectivity index (χ1v) is 3.86. The van der Waals surface area contributed by atoms with Crippen molar-refractivity contribution in [2.75, 3.05) is 0 Å². The van der Waals surface area contributed by atoms with E-state index in [-0.39, 0.29) is 6.61 Å². The fourth-order valence-electron chi connectivity index (χ4n) is 1.28. The molecule has 1 heterocycles. The molecule has 3 heteroatoms. The number of nitrogens with zero attached hydrogens (tertiary/aromatic N) is 1. The molecular formula is C9H10N2O. The van der Waals surface area contributed by atoms with Crippen molar-refractivity contribution in [3.05, 3.63) is 29.5 Å². The number of nitrogens with one attached hydrogen (secondary N) is 1. The zero-order chi connectivity index (χ0) is 8.55. The molecular weight excluding hydrogens is 152 g/mol. The summed E-state index contributed by atoms with van der Waals surface area (Å²) in [5, 5.41) is 17.0. The van der Waals surface area contributed by atoms with E-state index in [1.165, 1.54) is 0 Å². The Morgan fingerprint density at radius 2 is 2.33 bits per heavy atom. The number of fused-ring (bicyclic) bond motifs is 1. The molecule has 1 aromatic carbocycles. The summed E-state index contributed by atoms with van der Waals surface area (Å²) in [6.07, 6.45) is 0. The molecule has 0 atom stereocenters.